The maximum absolute atomic E-state index is 11.8. The number of hydrogen-bond donors (Lipinski definition) is 3. The van der Waals surface area contributed by atoms with Gasteiger partial charge >= 0.3 is 5.69 Å². The second kappa shape index (κ2) is 5.73. The first-order valence-electron chi connectivity index (χ1n) is 6.45. The van der Waals surface area contributed by atoms with Gasteiger partial charge in [-0.3, -0.25) is 19.1 Å². The van der Waals surface area contributed by atoms with Crippen LogP contribution in [0, 0.1) is 0 Å². The fourth-order valence-corrected chi connectivity index (χ4v) is 2.32. The van der Waals surface area contributed by atoms with Crippen LogP contribution < -0.4 is 22.3 Å². The largest absolute Gasteiger partial charge is 0.393 e. The third-order valence-corrected chi connectivity index (χ3v) is 3.32. The molecule has 1 saturated carbocycles. The van der Waals surface area contributed by atoms with Crippen molar-refractivity contribution in [2.75, 3.05) is 5.73 Å². The van der Waals surface area contributed by atoms with Crippen molar-refractivity contribution in [3.63, 3.8) is 0 Å². The van der Waals surface area contributed by atoms with Gasteiger partial charge < -0.3 is 11.1 Å². The molecule has 1 amide bonds. The van der Waals surface area contributed by atoms with E-state index in [9.17, 15) is 14.4 Å². The van der Waals surface area contributed by atoms with Gasteiger partial charge in [0.15, 0.2) is 0 Å². The maximum Gasteiger partial charge on any atom is 0.328 e. The molecule has 0 saturated heterocycles. The van der Waals surface area contributed by atoms with E-state index in [1.54, 1.807) is 0 Å². The molecule has 1 aromatic heterocycles. The second-order valence-corrected chi connectivity index (χ2v) is 4.87. The Morgan fingerprint density at radius 2 is 2.05 bits per heavy atom. The number of nitrogens with zero attached hydrogens (tertiary/aromatic N) is 1. The van der Waals surface area contributed by atoms with Crippen molar-refractivity contribution in [1.29, 1.82) is 0 Å². The SMILES string of the molecule is Nc1cn(CC(=O)NC2CCCCC2)c(=O)[nH]c1=O. The Labute approximate surface area is 109 Å². The zero-order valence-electron chi connectivity index (χ0n) is 10.6. The van der Waals surface area contributed by atoms with E-state index in [0.29, 0.717) is 0 Å². The Bertz CT molecular complexity index is 569. The number of nitrogens with one attached hydrogen (secondary N) is 2. The monoisotopic (exact) mass is 266 g/mol. The maximum atomic E-state index is 11.8. The first kappa shape index (κ1) is 13.4. The zero-order valence-corrected chi connectivity index (χ0v) is 10.6. The molecule has 7 nitrogen and oxygen atoms in total. The number of H-pyrrole nitrogens is 1. The predicted molar refractivity (Wildman–Crippen MR) is 70.8 cm³/mol. The lowest BCUT2D eigenvalue weighted by atomic mass is 9.95. The summed E-state index contributed by atoms with van der Waals surface area (Å²) in [7, 11) is 0. The van der Waals surface area contributed by atoms with Crippen LogP contribution in [0.25, 0.3) is 0 Å². The summed E-state index contributed by atoms with van der Waals surface area (Å²) in [6.45, 7) is -0.129. The molecule has 0 radical (unpaired) electrons. The number of anilines is 1. The summed E-state index contributed by atoms with van der Waals surface area (Å²) in [6.07, 6.45) is 6.61. The van der Waals surface area contributed by atoms with Crippen molar-refractivity contribution in [2.24, 2.45) is 0 Å². The molecule has 1 fully saturated rings. The average molecular weight is 266 g/mol. The van der Waals surface area contributed by atoms with Crippen LogP contribution in [0.5, 0.6) is 0 Å². The minimum Gasteiger partial charge on any atom is -0.393 e. The van der Waals surface area contributed by atoms with E-state index in [0.717, 1.165) is 30.3 Å². The molecule has 4 N–H and O–H groups in total. The van der Waals surface area contributed by atoms with Gasteiger partial charge in [0.25, 0.3) is 5.56 Å². The molecule has 1 aliphatic carbocycles. The van der Waals surface area contributed by atoms with Gasteiger partial charge in [-0.15, -0.1) is 0 Å². The van der Waals surface area contributed by atoms with Crippen molar-refractivity contribution in [3.05, 3.63) is 27.0 Å². The summed E-state index contributed by atoms with van der Waals surface area (Å²) in [5.41, 5.74) is 4.08. The summed E-state index contributed by atoms with van der Waals surface area (Å²) in [4.78, 5) is 36.5. The Morgan fingerprint density at radius 1 is 1.37 bits per heavy atom. The molecule has 1 aliphatic rings. The molecular weight excluding hydrogens is 248 g/mol. The van der Waals surface area contributed by atoms with Crippen molar-refractivity contribution in [2.45, 2.75) is 44.7 Å². The number of nitrogen functional groups attached to an aromatic ring is 1. The number of aromatic nitrogens is 2. The van der Waals surface area contributed by atoms with Crippen molar-refractivity contribution in [3.8, 4) is 0 Å². The van der Waals surface area contributed by atoms with Crippen LogP contribution >= 0.6 is 0 Å². The minimum atomic E-state index is -0.631. The molecule has 0 aliphatic heterocycles. The topological polar surface area (TPSA) is 110 Å². The smallest absolute Gasteiger partial charge is 0.328 e. The molecular formula is C12H18N4O3. The lowest BCUT2D eigenvalue weighted by Crippen LogP contribution is -2.41. The highest BCUT2D eigenvalue weighted by Gasteiger charge is 2.16. The van der Waals surface area contributed by atoms with Gasteiger partial charge in [0.05, 0.1) is 0 Å². The predicted octanol–water partition coefficient (Wildman–Crippen LogP) is -0.432. The quantitative estimate of drug-likeness (QED) is 0.689. The lowest BCUT2D eigenvalue weighted by Gasteiger charge is -2.22. The number of aromatic amines is 1. The first-order valence-corrected chi connectivity index (χ1v) is 6.45. The molecule has 1 aromatic rings. The summed E-state index contributed by atoms with van der Waals surface area (Å²) >= 11 is 0. The summed E-state index contributed by atoms with van der Waals surface area (Å²) in [6, 6.07) is 0.192. The van der Waals surface area contributed by atoms with Gasteiger partial charge in [-0.1, -0.05) is 19.3 Å². The standard InChI is InChI=1S/C12H18N4O3/c13-9-6-16(12(19)15-11(9)18)7-10(17)14-8-4-2-1-3-5-8/h6,8H,1-5,7,13H2,(H,14,17)(H,15,18,19). The van der Waals surface area contributed by atoms with Gasteiger partial charge in [-0.2, -0.15) is 0 Å². The van der Waals surface area contributed by atoms with Gasteiger partial charge in [-0.25, -0.2) is 4.79 Å². The van der Waals surface area contributed by atoms with Crippen LogP contribution in [0.2, 0.25) is 0 Å². The fourth-order valence-electron chi connectivity index (χ4n) is 2.32. The van der Waals surface area contributed by atoms with Gasteiger partial charge in [0, 0.05) is 12.2 Å². The Balaban J connectivity index is 2.00. The Kier molecular flexibility index (Phi) is 4.03. The highest BCUT2D eigenvalue weighted by atomic mass is 16.2. The van der Waals surface area contributed by atoms with Crippen molar-refractivity contribution >= 4 is 11.6 Å². The summed E-state index contributed by atoms with van der Waals surface area (Å²) < 4.78 is 1.11. The van der Waals surface area contributed by atoms with E-state index in [1.807, 2.05) is 0 Å². The van der Waals surface area contributed by atoms with Gasteiger partial charge in [-0.05, 0) is 12.8 Å². The van der Waals surface area contributed by atoms with Crippen molar-refractivity contribution in [1.82, 2.24) is 14.9 Å². The number of rotatable bonds is 3. The molecule has 0 atom stereocenters. The van der Waals surface area contributed by atoms with Gasteiger partial charge in [0.2, 0.25) is 5.91 Å². The second-order valence-electron chi connectivity index (χ2n) is 4.87. The molecule has 2 rings (SSSR count). The van der Waals surface area contributed by atoms with E-state index in [1.165, 1.54) is 12.6 Å². The molecule has 7 heteroatoms. The molecule has 0 unspecified atom stereocenters. The van der Waals surface area contributed by atoms with Crippen LogP contribution in [0.1, 0.15) is 32.1 Å². The summed E-state index contributed by atoms with van der Waals surface area (Å²) in [5.74, 6) is -0.236. The number of nitrogens with two attached hydrogens (primary N) is 1. The number of amides is 1. The third-order valence-electron chi connectivity index (χ3n) is 3.32. The van der Waals surface area contributed by atoms with Crippen LogP contribution in [0.3, 0.4) is 0 Å². The highest BCUT2D eigenvalue weighted by Crippen LogP contribution is 2.17. The molecule has 1 heterocycles. The van der Waals surface area contributed by atoms with Crippen LogP contribution in [-0.2, 0) is 11.3 Å². The third kappa shape index (κ3) is 3.46. The minimum absolute atomic E-state index is 0.0786. The van der Waals surface area contributed by atoms with Crippen LogP contribution in [0.4, 0.5) is 5.69 Å². The molecule has 104 valence electrons. The summed E-state index contributed by atoms with van der Waals surface area (Å²) in [5, 5.41) is 2.90. The van der Waals surface area contributed by atoms with E-state index in [-0.39, 0.29) is 24.2 Å². The van der Waals surface area contributed by atoms with E-state index in [4.69, 9.17) is 5.73 Å². The Hall–Kier alpha value is -2.05. The highest BCUT2D eigenvalue weighted by molar-refractivity contribution is 5.76. The number of carbonyl (C=O) groups excluding carboxylic acids is 1. The Morgan fingerprint density at radius 3 is 2.74 bits per heavy atom. The molecule has 0 spiro atoms. The normalized spacial score (nSPS) is 16.2. The van der Waals surface area contributed by atoms with Crippen molar-refractivity contribution < 1.29 is 4.79 Å². The van der Waals surface area contributed by atoms with E-state index in [2.05, 4.69) is 10.3 Å². The number of hydrogen-bond acceptors (Lipinski definition) is 4. The van der Waals surface area contributed by atoms with E-state index >= 15 is 0 Å². The molecule has 0 bridgehead atoms. The first-order chi connectivity index (χ1) is 9.06. The number of carbonyl (C=O) groups is 1. The average Bonchev–Trinajstić information content (AvgIpc) is 2.37. The van der Waals surface area contributed by atoms with E-state index < -0.39 is 11.2 Å². The molecule has 19 heavy (non-hydrogen) atoms. The van der Waals surface area contributed by atoms with Crippen LogP contribution in [0.15, 0.2) is 15.8 Å². The van der Waals surface area contributed by atoms with Gasteiger partial charge in [0.1, 0.15) is 12.2 Å². The lowest BCUT2D eigenvalue weighted by molar-refractivity contribution is -0.122. The van der Waals surface area contributed by atoms with Crippen LogP contribution in [-0.4, -0.2) is 21.5 Å². The zero-order chi connectivity index (χ0) is 13.8. The fraction of sp³-hybridized carbons (Fsp3) is 0.583. The molecule has 0 aromatic carbocycles.